The van der Waals surface area contributed by atoms with Gasteiger partial charge in [0, 0.05) is 18.7 Å². The zero-order chi connectivity index (χ0) is 22.9. The molecule has 9 heteroatoms. The minimum atomic E-state index is -3.59. The van der Waals surface area contributed by atoms with Gasteiger partial charge in [-0.15, -0.1) is 0 Å². The van der Waals surface area contributed by atoms with Crippen molar-refractivity contribution in [1.29, 1.82) is 0 Å². The van der Waals surface area contributed by atoms with Gasteiger partial charge in [0.05, 0.1) is 4.90 Å². The summed E-state index contributed by atoms with van der Waals surface area (Å²) in [5.41, 5.74) is 1.36. The van der Waals surface area contributed by atoms with Gasteiger partial charge in [-0.1, -0.05) is 31.5 Å². The van der Waals surface area contributed by atoms with Crippen LogP contribution in [0.5, 0.6) is 5.75 Å². The van der Waals surface area contributed by atoms with Gasteiger partial charge in [0.1, 0.15) is 25.5 Å². The topological polar surface area (TPSA) is 102 Å². The Morgan fingerprint density at radius 3 is 2.13 bits per heavy atom. The zero-order valence-electron chi connectivity index (χ0n) is 18.0. The maximum atomic E-state index is 12.5. The summed E-state index contributed by atoms with van der Waals surface area (Å²) in [5, 5.41) is 2.45. The number of esters is 1. The van der Waals surface area contributed by atoms with E-state index in [9.17, 15) is 18.0 Å². The first kappa shape index (κ1) is 24.4. The SMILES string of the molecule is CCN(CC)S(=O)(=O)c1ccc(C(=O)NCC(=O)OCCOc2ccc(C)cc2)cc1. The molecule has 0 aliphatic heterocycles. The Balaban J connectivity index is 1.77. The van der Waals surface area contributed by atoms with Crippen molar-refractivity contribution in [3.8, 4) is 5.75 Å². The van der Waals surface area contributed by atoms with E-state index in [1.807, 2.05) is 31.2 Å². The number of sulfonamides is 1. The molecular weight excluding hydrogens is 420 g/mol. The van der Waals surface area contributed by atoms with E-state index >= 15 is 0 Å². The molecule has 0 heterocycles. The molecule has 0 saturated carbocycles. The van der Waals surface area contributed by atoms with Crippen LogP contribution in [0.2, 0.25) is 0 Å². The van der Waals surface area contributed by atoms with Gasteiger partial charge in [-0.2, -0.15) is 4.31 Å². The molecule has 0 unspecified atom stereocenters. The molecule has 0 saturated heterocycles. The van der Waals surface area contributed by atoms with Crippen molar-refractivity contribution in [2.45, 2.75) is 25.7 Å². The summed E-state index contributed by atoms with van der Waals surface area (Å²) < 4.78 is 36.8. The van der Waals surface area contributed by atoms with Gasteiger partial charge in [0.15, 0.2) is 0 Å². The summed E-state index contributed by atoms with van der Waals surface area (Å²) in [6, 6.07) is 13.1. The summed E-state index contributed by atoms with van der Waals surface area (Å²) in [6.07, 6.45) is 0. The molecule has 168 valence electrons. The molecule has 2 aromatic carbocycles. The summed E-state index contributed by atoms with van der Waals surface area (Å²) in [6.45, 7) is 6.17. The molecule has 0 radical (unpaired) electrons. The average molecular weight is 449 g/mol. The van der Waals surface area contributed by atoms with Crippen LogP contribution in [-0.2, 0) is 19.6 Å². The van der Waals surface area contributed by atoms with Gasteiger partial charge in [0.2, 0.25) is 10.0 Å². The fourth-order valence-electron chi connectivity index (χ4n) is 2.75. The van der Waals surface area contributed by atoms with Gasteiger partial charge in [-0.05, 0) is 43.3 Å². The van der Waals surface area contributed by atoms with Gasteiger partial charge < -0.3 is 14.8 Å². The number of hydrogen-bond donors (Lipinski definition) is 1. The first-order chi connectivity index (χ1) is 14.8. The largest absolute Gasteiger partial charge is 0.490 e. The lowest BCUT2D eigenvalue weighted by Gasteiger charge is -2.18. The van der Waals surface area contributed by atoms with Crippen LogP contribution in [-0.4, -0.2) is 57.4 Å². The fraction of sp³-hybridized carbons (Fsp3) is 0.364. The lowest BCUT2D eigenvalue weighted by molar-refractivity contribution is -0.143. The second-order valence-corrected chi connectivity index (χ2v) is 8.62. The standard InChI is InChI=1S/C22H28N2O6S/c1-4-24(5-2)31(27,28)20-12-8-18(9-13-20)22(26)23-16-21(25)30-15-14-29-19-10-6-17(3)7-11-19/h6-13H,4-5,14-16H2,1-3H3,(H,23,26). The quantitative estimate of drug-likeness (QED) is 0.418. The highest BCUT2D eigenvalue weighted by molar-refractivity contribution is 7.89. The van der Waals surface area contributed by atoms with Gasteiger partial charge in [-0.25, -0.2) is 8.42 Å². The number of nitrogens with zero attached hydrogens (tertiary/aromatic N) is 1. The molecular formula is C22H28N2O6S. The van der Waals surface area contributed by atoms with E-state index in [0.717, 1.165) is 5.56 Å². The number of carbonyl (C=O) groups is 2. The number of ether oxygens (including phenoxy) is 2. The predicted molar refractivity (Wildman–Crippen MR) is 117 cm³/mol. The third kappa shape index (κ3) is 7.08. The normalized spacial score (nSPS) is 11.2. The van der Waals surface area contributed by atoms with Crippen molar-refractivity contribution in [3.05, 3.63) is 59.7 Å². The molecule has 8 nitrogen and oxygen atoms in total. The zero-order valence-corrected chi connectivity index (χ0v) is 18.8. The lowest BCUT2D eigenvalue weighted by atomic mass is 10.2. The van der Waals surface area contributed by atoms with E-state index in [1.165, 1.54) is 28.6 Å². The maximum absolute atomic E-state index is 12.5. The number of nitrogens with one attached hydrogen (secondary N) is 1. The minimum Gasteiger partial charge on any atom is -0.490 e. The number of hydrogen-bond acceptors (Lipinski definition) is 6. The van der Waals surface area contributed by atoms with Crippen molar-refractivity contribution in [3.63, 3.8) is 0 Å². The maximum Gasteiger partial charge on any atom is 0.325 e. The third-order valence-electron chi connectivity index (χ3n) is 4.49. The highest BCUT2D eigenvalue weighted by Crippen LogP contribution is 2.16. The van der Waals surface area contributed by atoms with Crippen molar-refractivity contribution >= 4 is 21.9 Å². The molecule has 0 bridgehead atoms. The number of aryl methyl sites for hydroxylation is 1. The Kier molecular flexibility index (Phi) is 9.02. The van der Waals surface area contributed by atoms with Crippen LogP contribution in [0.15, 0.2) is 53.4 Å². The van der Waals surface area contributed by atoms with Crippen molar-refractivity contribution < 1.29 is 27.5 Å². The molecule has 0 aliphatic carbocycles. The smallest absolute Gasteiger partial charge is 0.325 e. The first-order valence-electron chi connectivity index (χ1n) is 10.0. The van der Waals surface area contributed by atoms with E-state index in [0.29, 0.717) is 18.8 Å². The van der Waals surface area contributed by atoms with Crippen LogP contribution in [0.1, 0.15) is 29.8 Å². The number of benzene rings is 2. The molecule has 0 spiro atoms. The molecule has 2 rings (SSSR count). The Bertz CT molecular complexity index is 968. The lowest BCUT2D eigenvalue weighted by Crippen LogP contribution is -2.32. The Hall–Kier alpha value is -2.91. The van der Waals surface area contributed by atoms with E-state index in [1.54, 1.807) is 13.8 Å². The van der Waals surface area contributed by atoms with Gasteiger partial charge in [0.25, 0.3) is 5.91 Å². The summed E-state index contributed by atoms with van der Waals surface area (Å²) in [7, 11) is -3.59. The Morgan fingerprint density at radius 2 is 1.55 bits per heavy atom. The monoisotopic (exact) mass is 448 g/mol. The van der Waals surface area contributed by atoms with E-state index in [2.05, 4.69) is 5.32 Å². The van der Waals surface area contributed by atoms with Crippen LogP contribution in [0.4, 0.5) is 0 Å². The molecule has 1 amide bonds. The number of amides is 1. The molecule has 0 fully saturated rings. The minimum absolute atomic E-state index is 0.0560. The van der Waals surface area contributed by atoms with E-state index in [4.69, 9.17) is 9.47 Å². The third-order valence-corrected chi connectivity index (χ3v) is 6.55. The molecule has 0 atom stereocenters. The van der Waals surface area contributed by atoms with E-state index < -0.39 is 21.9 Å². The molecule has 1 N–H and O–H groups in total. The molecule has 2 aromatic rings. The summed E-state index contributed by atoms with van der Waals surface area (Å²) in [4.78, 5) is 24.1. The van der Waals surface area contributed by atoms with Crippen LogP contribution in [0, 0.1) is 6.92 Å². The highest BCUT2D eigenvalue weighted by atomic mass is 32.2. The first-order valence-corrected chi connectivity index (χ1v) is 11.5. The number of rotatable bonds is 11. The molecule has 0 aromatic heterocycles. The van der Waals surface area contributed by atoms with Crippen molar-refractivity contribution in [1.82, 2.24) is 9.62 Å². The summed E-state index contributed by atoms with van der Waals surface area (Å²) >= 11 is 0. The molecule has 31 heavy (non-hydrogen) atoms. The van der Waals surface area contributed by atoms with Gasteiger partial charge >= 0.3 is 5.97 Å². The van der Waals surface area contributed by atoms with Gasteiger partial charge in [-0.3, -0.25) is 9.59 Å². The van der Waals surface area contributed by atoms with Crippen LogP contribution in [0.25, 0.3) is 0 Å². The second kappa shape index (κ2) is 11.5. The van der Waals surface area contributed by atoms with Crippen LogP contribution in [0.3, 0.4) is 0 Å². The molecule has 0 aliphatic rings. The van der Waals surface area contributed by atoms with Crippen molar-refractivity contribution in [2.75, 3.05) is 32.8 Å². The fourth-order valence-corrected chi connectivity index (χ4v) is 4.20. The Morgan fingerprint density at radius 1 is 0.935 bits per heavy atom. The number of carbonyl (C=O) groups excluding carboxylic acids is 2. The Labute approximate surface area is 183 Å². The highest BCUT2D eigenvalue weighted by Gasteiger charge is 2.21. The van der Waals surface area contributed by atoms with Crippen molar-refractivity contribution in [2.24, 2.45) is 0 Å². The summed E-state index contributed by atoms with van der Waals surface area (Å²) in [5.74, 6) is -0.414. The average Bonchev–Trinajstić information content (AvgIpc) is 2.77. The van der Waals surface area contributed by atoms with Crippen LogP contribution < -0.4 is 10.1 Å². The van der Waals surface area contributed by atoms with E-state index in [-0.39, 0.29) is 30.2 Å². The second-order valence-electron chi connectivity index (χ2n) is 6.68. The predicted octanol–water partition coefficient (Wildman–Crippen LogP) is 2.38. The van der Waals surface area contributed by atoms with Crippen LogP contribution >= 0.6 is 0 Å².